The minimum absolute atomic E-state index is 0.315. The minimum Gasteiger partial charge on any atom is -0.497 e. The maximum atomic E-state index is 12.1. The Hall–Kier alpha value is -3.02. The van der Waals surface area contributed by atoms with Crippen LogP contribution in [-0.4, -0.2) is 32.8 Å². The summed E-state index contributed by atoms with van der Waals surface area (Å²) in [6.45, 7) is 1.14. The molecule has 0 aliphatic rings. The summed E-state index contributed by atoms with van der Waals surface area (Å²) in [5.74, 6) is 1.30. The van der Waals surface area contributed by atoms with E-state index >= 15 is 0 Å². The zero-order chi connectivity index (χ0) is 17.2. The number of hydrogen-bond acceptors (Lipinski definition) is 6. The van der Waals surface area contributed by atoms with Crippen LogP contribution in [0.2, 0.25) is 0 Å². The van der Waals surface area contributed by atoms with Gasteiger partial charge >= 0.3 is 5.97 Å². The van der Waals surface area contributed by atoms with Crippen LogP contribution in [0.3, 0.4) is 0 Å². The van der Waals surface area contributed by atoms with Gasteiger partial charge in [0.2, 0.25) is 0 Å². The Balaban J connectivity index is 1.84. The number of carbonyl (C=O) groups excluding carboxylic acids is 2. The van der Waals surface area contributed by atoms with Crippen LogP contribution >= 0.6 is 0 Å². The standard InChI is InChI=1S/C18H18O6/c1-21-15-7-9-17(10-8-15)24-18(20)14-3-5-16(6-4-14)23-12-2-11-22-13-19/h3-10,13H,2,11-12H2,1H3. The summed E-state index contributed by atoms with van der Waals surface area (Å²) in [5, 5.41) is 0. The molecule has 6 heteroatoms. The Kier molecular flexibility index (Phi) is 6.64. The van der Waals surface area contributed by atoms with Gasteiger partial charge in [-0.1, -0.05) is 0 Å². The summed E-state index contributed by atoms with van der Waals surface area (Å²) < 4.78 is 20.4. The Morgan fingerprint density at radius 1 is 0.917 bits per heavy atom. The maximum Gasteiger partial charge on any atom is 0.343 e. The molecule has 0 amide bonds. The van der Waals surface area contributed by atoms with E-state index in [1.807, 2.05) is 0 Å². The SMILES string of the molecule is COc1ccc(OC(=O)c2ccc(OCCCOC=O)cc2)cc1. The fraction of sp³-hybridized carbons (Fsp3) is 0.222. The Morgan fingerprint density at radius 2 is 1.54 bits per heavy atom. The maximum absolute atomic E-state index is 12.1. The Bertz CT molecular complexity index is 648. The van der Waals surface area contributed by atoms with E-state index in [1.165, 1.54) is 0 Å². The van der Waals surface area contributed by atoms with Crippen LogP contribution in [0, 0.1) is 0 Å². The summed E-state index contributed by atoms with van der Waals surface area (Å²) in [6, 6.07) is 13.4. The van der Waals surface area contributed by atoms with Gasteiger partial charge in [0.25, 0.3) is 6.47 Å². The second-order valence-corrected chi connectivity index (χ2v) is 4.76. The van der Waals surface area contributed by atoms with Crippen LogP contribution < -0.4 is 14.2 Å². The lowest BCUT2D eigenvalue weighted by Gasteiger charge is -2.08. The van der Waals surface area contributed by atoms with Crippen LogP contribution in [-0.2, 0) is 9.53 Å². The first-order valence-electron chi connectivity index (χ1n) is 7.37. The largest absolute Gasteiger partial charge is 0.497 e. The zero-order valence-electron chi connectivity index (χ0n) is 13.3. The highest BCUT2D eigenvalue weighted by atomic mass is 16.5. The summed E-state index contributed by atoms with van der Waals surface area (Å²) in [5.41, 5.74) is 0.419. The van der Waals surface area contributed by atoms with Gasteiger partial charge in [0, 0.05) is 6.42 Å². The van der Waals surface area contributed by atoms with E-state index in [2.05, 4.69) is 4.74 Å². The van der Waals surface area contributed by atoms with Crippen molar-refractivity contribution in [3.05, 3.63) is 54.1 Å². The fourth-order valence-corrected chi connectivity index (χ4v) is 1.88. The highest BCUT2D eigenvalue weighted by Gasteiger charge is 2.09. The van der Waals surface area contributed by atoms with Gasteiger partial charge in [-0.15, -0.1) is 0 Å². The van der Waals surface area contributed by atoms with E-state index in [0.29, 0.717) is 48.9 Å². The number of carbonyl (C=O) groups is 2. The van der Waals surface area contributed by atoms with Gasteiger partial charge in [0.15, 0.2) is 0 Å². The van der Waals surface area contributed by atoms with Gasteiger partial charge in [-0.05, 0) is 48.5 Å². The molecule has 0 atom stereocenters. The number of benzene rings is 2. The smallest absolute Gasteiger partial charge is 0.343 e. The minimum atomic E-state index is -0.453. The fourth-order valence-electron chi connectivity index (χ4n) is 1.88. The van der Waals surface area contributed by atoms with E-state index in [0.717, 1.165) is 0 Å². The molecule has 126 valence electrons. The lowest BCUT2D eigenvalue weighted by molar-refractivity contribution is -0.128. The van der Waals surface area contributed by atoms with E-state index in [1.54, 1.807) is 55.6 Å². The molecular formula is C18H18O6. The molecular weight excluding hydrogens is 312 g/mol. The van der Waals surface area contributed by atoms with Gasteiger partial charge < -0.3 is 18.9 Å². The van der Waals surface area contributed by atoms with Crippen LogP contribution in [0.25, 0.3) is 0 Å². The predicted molar refractivity (Wildman–Crippen MR) is 86.5 cm³/mol. The summed E-state index contributed by atoms with van der Waals surface area (Å²) in [7, 11) is 1.57. The number of rotatable bonds is 9. The molecule has 2 aromatic carbocycles. The molecule has 24 heavy (non-hydrogen) atoms. The second-order valence-electron chi connectivity index (χ2n) is 4.76. The molecule has 0 fully saturated rings. The quantitative estimate of drug-likeness (QED) is 0.305. The molecule has 0 unspecified atom stereocenters. The number of hydrogen-bond donors (Lipinski definition) is 0. The van der Waals surface area contributed by atoms with Crippen LogP contribution in [0.15, 0.2) is 48.5 Å². The highest BCUT2D eigenvalue weighted by Crippen LogP contribution is 2.19. The number of esters is 1. The van der Waals surface area contributed by atoms with Crippen molar-refractivity contribution >= 4 is 12.4 Å². The third-order valence-electron chi connectivity index (χ3n) is 3.10. The summed E-state index contributed by atoms with van der Waals surface area (Å²) in [6.07, 6.45) is 0.597. The van der Waals surface area contributed by atoms with Crippen LogP contribution in [0.5, 0.6) is 17.2 Å². The van der Waals surface area contributed by atoms with Crippen molar-refractivity contribution in [2.24, 2.45) is 0 Å². The van der Waals surface area contributed by atoms with Gasteiger partial charge in [-0.3, -0.25) is 4.79 Å². The van der Waals surface area contributed by atoms with Crippen LogP contribution in [0.4, 0.5) is 0 Å². The third kappa shape index (κ3) is 5.31. The molecule has 0 saturated heterocycles. The molecule has 0 heterocycles. The first-order chi connectivity index (χ1) is 11.7. The molecule has 0 aromatic heterocycles. The highest BCUT2D eigenvalue weighted by molar-refractivity contribution is 5.91. The van der Waals surface area contributed by atoms with E-state index < -0.39 is 5.97 Å². The van der Waals surface area contributed by atoms with Crippen molar-refractivity contribution in [3.8, 4) is 17.2 Å². The third-order valence-corrected chi connectivity index (χ3v) is 3.10. The normalized spacial score (nSPS) is 9.88. The Morgan fingerprint density at radius 3 is 2.17 bits per heavy atom. The molecule has 0 N–H and O–H groups in total. The number of ether oxygens (including phenoxy) is 4. The summed E-state index contributed by atoms with van der Waals surface area (Å²) >= 11 is 0. The molecule has 2 rings (SSSR count). The van der Waals surface area contributed by atoms with Crippen molar-refractivity contribution in [2.45, 2.75) is 6.42 Å². The number of methoxy groups -OCH3 is 1. The van der Waals surface area contributed by atoms with E-state index in [4.69, 9.17) is 14.2 Å². The second kappa shape index (κ2) is 9.19. The monoisotopic (exact) mass is 330 g/mol. The Labute approximate surface area is 139 Å². The van der Waals surface area contributed by atoms with Crippen molar-refractivity contribution in [1.82, 2.24) is 0 Å². The lowest BCUT2D eigenvalue weighted by atomic mass is 10.2. The van der Waals surface area contributed by atoms with Gasteiger partial charge in [0.1, 0.15) is 17.2 Å². The first kappa shape index (κ1) is 17.3. The van der Waals surface area contributed by atoms with Crippen molar-refractivity contribution in [3.63, 3.8) is 0 Å². The molecule has 0 bridgehead atoms. The van der Waals surface area contributed by atoms with Gasteiger partial charge in [-0.2, -0.15) is 0 Å². The lowest BCUT2D eigenvalue weighted by Crippen LogP contribution is -2.08. The average molecular weight is 330 g/mol. The molecule has 0 aliphatic carbocycles. The van der Waals surface area contributed by atoms with Gasteiger partial charge in [0.05, 0.1) is 25.9 Å². The molecule has 0 saturated carbocycles. The van der Waals surface area contributed by atoms with E-state index in [-0.39, 0.29) is 0 Å². The molecule has 0 radical (unpaired) electrons. The zero-order valence-corrected chi connectivity index (χ0v) is 13.3. The summed E-state index contributed by atoms with van der Waals surface area (Å²) in [4.78, 5) is 22.1. The predicted octanol–water partition coefficient (Wildman–Crippen LogP) is 2.86. The van der Waals surface area contributed by atoms with Crippen molar-refractivity contribution in [1.29, 1.82) is 0 Å². The van der Waals surface area contributed by atoms with Gasteiger partial charge in [-0.25, -0.2) is 4.79 Å². The molecule has 0 spiro atoms. The van der Waals surface area contributed by atoms with E-state index in [9.17, 15) is 9.59 Å². The van der Waals surface area contributed by atoms with Crippen LogP contribution in [0.1, 0.15) is 16.8 Å². The van der Waals surface area contributed by atoms with Crippen molar-refractivity contribution in [2.75, 3.05) is 20.3 Å². The first-order valence-corrected chi connectivity index (χ1v) is 7.37. The average Bonchev–Trinajstić information content (AvgIpc) is 2.62. The van der Waals surface area contributed by atoms with Crippen molar-refractivity contribution < 1.29 is 28.5 Å². The molecule has 2 aromatic rings. The molecule has 6 nitrogen and oxygen atoms in total. The molecule has 0 aliphatic heterocycles. The topological polar surface area (TPSA) is 71.1 Å².